The van der Waals surface area contributed by atoms with Crippen molar-refractivity contribution in [2.45, 2.75) is 32.6 Å². The van der Waals surface area contributed by atoms with E-state index in [1.165, 1.54) is 11.1 Å². The number of hydrogen-bond acceptors (Lipinski definition) is 2. The fourth-order valence-electron chi connectivity index (χ4n) is 2.95. The van der Waals surface area contributed by atoms with Gasteiger partial charge in [0, 0.05) is 0 Å². The number of benzene rings is 1. The molecule has 0 aliphatic heterocycles. The van der Waals surface area contributed by atoms with Crippen LogP contribution < -0.4 is 10.5 Å². The van der Waals surface area contributed by atoms with E-state index in [0.29, 0.717) is 11.3 Å². The fraction of sp³-hybridized carbons (Fsp3) is 0.571. The van der Waals surface area contributed by atoms with Crippen LogP contribution in [-0.4, -0.2) is 13.7 Å². The van der Waals surface area contributed by atoms with Gasteiger partial charge in [0.2, 0.25) is 0 Å². The maximum atomic E-state index is 5.72. The average molecular weight is 219 g/mol. The second kappa shape index (κ2) is 4.10. The van der Waals surface area contributed by atoms with E-state index in [0.717, 1.165) is 25.1 Å². The molecule has 0 saturated carbocycles. The van der Waals surface area contributed by atoms with E-state index in [2.05, 4.69) is 32.0 Å². The lowest BCUT2D eigenvalue weighted by Gasteiger charge is -2.27. The zero-order valence-electron chi connectivity index (χ0n) is 10.4. The van der Waals surface area contributed by atoms with E-state index in [-0.39, 0.29) is 0 Å². The van der Waals surface area contributed by atoms with Crippen molar-refractivity contribution in [1.82, 2.24) is 0 Å². The highest BCUT2D eigenvalue weighted by Gasteiger charge is 2.38. The minimum Gasteiger partial charge on any atom is -0.497 e. The van der Waals surface area contributed by atoms with Crippen LogP contribution in [-0.2, 0) is 6.42 Å². The van der Waals surface area contributed by atoms with Crippen LogP contribution in [0.15, 0.2) is 18.2 Å². The summed E-state index contributed by atoms with van der Waals surface area (Å²) >= 11 is 0. The Labute approximate surface area is 97.8 Å². The Bertz CT molecular complexity index is 384. The molecule has 2 nitrogen and oxygen atoms in total. The molecule has 1 aliphatic carbocycles. The molecule has 1 aromatic rings. The highest BCUT2D eigenvalue weighted by Crippen LogP contribution is 2.49. The molecule has 0 amide bonds. The zero-order valence-corrected chi connectivity index (χ0v) is 10.4. The SMILES string of the molecule is COc1ccc2c(c1)CC(C)(C)C2CCN. The summed E-state index contributed by atoms with van der Waals surface area (Å²) in [6, 6.07) is 6.45. The van der Waals surface area contributed by atoms with Crippen molar-refractivity contribution >= 4 is 0 Å². The minimum atomic E-state index is 0.327. The van der Waals surface area contributed by atoms with E-state index in [1.54, 1.807) is 7.11 Å². The predicted molar refractivity (Wildman–Crippen MR) is 66.9 cm³/mol. The fourth-order valence-corrected chi connectivity index (χ4v) is 2.95. The highest BCUT2D eigenvalue weighted by molar-refractivity contribution is 5.43. The third kappa shape index (κ3) is 1.82. The molecule has 88 valence electrons. The monoisotopic (exact) mass is 219 g/mol. The van der Waals surface area contributed by atoms with Crippen LogP contribution in [0.5, 0.6) is 5.75 Å². The standard InChI is InChI=1S/C14H21NO/c1-14(2)9-10-8-11(16-3)4-5-12(10)13(14)6-7-15/h4-5,8,13H,6-7,9,15H2,1-3H3. The Morgan fingerprint density at radius 1 is 1.44 bits per heavy atom. The van der Waals surface area contributed by atoms with Crippen LogP contribution >= 0.6 is 0 Å². The van der Waals surface area contributed by atoms with Gasteiger partial charge in [-0.25, -0.2) is 0 Å². The lowest BCUT2D eigenvalue weighted by atomic mass is 9.78. The lowest BCUT2D eigenvalue weighted by Crippen LogP contribution is -2.20. The van der Waals surface area contributed by atoms with Gasteiger partial charge in [-0.1, -0.05) is 19.9 Å². The van der Waals surface area contributed by atoms with Crippen molar-refractivity contribution in [3.05, 3.63) is 29.3 Å². The maximum absolute atomic E-state index is 5.72. The normalized spacial score (nSPS) is 21.9. The summed E-state index contributed by atoms with van der Waals surface area (Å²) in [7, 11) is 1.72. The molecule has 1 aromatic carbocycles. The van der Waals surface area contributed by atoms with E-state index in [1.807, 2.05) is 0 Å². The molecule has 1 aliphatic rings. The summed E-state index contributed by atoms with van der Waals surface area (Å²) < 4.78 is 5.28. The molecule has 2 N–H and O–H groups in total. The first kappa shape index (κ1) is 11.5. The molecule has 0 aromatic heterocycles. The van der Waals surface area contributed by atoms with Gasteiger partial charge < -0.3 is 10.5 Å². The minimum absolute atomic E-state index is 0.327. The predicted octanol–water partition coefficient (Wildman–Crippen LogP) is 2.71. The Kier molecular flexibility index (Phi) is 2.94. The van der Waals surface area contributed by atoms with Gasteiger partial charge >= 0.3 is 0 Å². The summed E-state index contributed by atoms with van der Waals surface area (Å²) in [6.07, 6.45) is 2.20. The molecule has 0 bridgehead atoms. The van der Waals surface area contributed by atoms with Gasteiger partial charge in [-0.05, 0) is 54.0 Å². The molecule has 0 fully saturated rings. The van der Waals surface area contributed by atoms with Gasteiger partial charge in [0.05, 0.1) is 7.11 Å². The Morgan fingerprint density at radius 3 is 2.81 bits per heavy atom. The van der Waals surface area contributed by atoms with E-state index >= 15 is 0 Å². The molecule has 0 radical (unpaired) electrons. The van der Waals surface area contributed by atoms with Crippen LogP contribution in [0.4, 0.5) is 0 Å². The van der Waals surface area contributed by atoms with Crippen molar-refractivity contribution in [2.75, 3.05) is 13.7 Å². The van der Waals surface area contributed by atoms with Gasteiger partial charge in [0.1, 0.15) is 5.75 Å². The molecule has 0 saturated heterocycles. The second-order valence-corrected chi connectivity index (χ2v) is 5.36. The van der Waals surface area contributed by atoms with Crippen LogP contribution in [0.3, 0.4) is 0 Å². The van der Waals surface area contributed by atoms with Gasteiger partial charge in [0.15, 0.2) is 0 Å². The summed E-state index contributed by atoms with van der Waals surface area (Å²) in [5.41, 5.74) is 8.95. The van der Waals surface area contributed by atoms with Gasteiger partial charge in [-0.3, -0.25) is 0 Å². The largest absolute Gasteiger partial charge is 0.497 e. The van der Waals surface area contributed by atoms with Crippen molar-refractivity contribution in [3.63, 3.8) is 0 Å². The molecule has 0 spiro atoms. The van der Waals surface area contributed by atoms with E-state index in [4.69, 9.17) is 10.5 Å². The Hall–Kier alpha value is -1.02. The zero-order chi connectivity index (χ0) is 11.8. The number of ether oxygens (including phenoxy) is 1. The smallest absolute Gasteiger partial charge is 0.119 e. The Balaban J connectivity index is 2.37. The van der Waals surface area contributed by atoms with Gasteiger partial charge in [-0.2, -0.15) is 0 Å². The first-order valence-electron chi connectivity index (χ1n) is 5.95. The van der Waals surface area contributed by atoms with Crippen LogP contribution in [0.2, 0.25) is 0 Å². The number of rotatable bonds is 3. The Morgan fingerprint density at radius 2 is 2.19 bits per heavy atom. The molecular formula is C14H21NO. The number of methoxy groups -OCH3 is 1. The number of hydrogen-bond donors (Lipinski definition) is 1. The molecular weight excluding hydrogens is 198 g/mol. The molecule has 1 unspecified atom stereocenters. The van der Waals surface area contributed by atoms with Crippen LogP contribution in [0.1, 0.15) is 37.3 Å². The third-order valence-electron chi connectivity index (χ3n) is 3.77. The topological polar surface area (TPSA) is 35.2 Å². The van der Waals surface area contributed by atoms with Crippen LogP contribution in [0, 0.1) is 5.41 Å². The summed E-state index contributed by atoms with van der Waals surface area (Å²) in [6.45, 7) is 5.43. The molecule has 2 heteroatoms. The summed E-state index contributed by atoms with van der Waals surface area (Å²) in [5, 5.41) is 0. The average Bonchev–Trinajstić information content (AvgIpc) is 2.49. The molecule has 1 atom stereocenters. The van der Waals surface area contributed by atoms with Crippen LogP contribution in [0.25, 0.3) is 0 Å². The van der Waals surface area contributed by atoms with E-state index in [9.17, 15) is 0 Å². The number of fused-ring (bicyclic) bond motifs is 1. The second-order valence-electron chi connectivity index (χ2n) is 5.36. The van der Waals surface area contributed by atoms with Gasteiger partial charge in [-0.15, -0.1) is 0 Å². The number of nitrogens with two attached hydrogens (primary N) is 1. The maximum Gasteiger partial charge on any atom is 0.119 e. The van der Waals surface area contributed by atoms with Crippen molar-refractivity contribution in [2.24, 2.45) is 11.1 Å². The van der Waals surface area contributed by atoms with Crippen molar-refractivity contribution in [1.29, 1.82) is 0 Å². The van der Waals surface area contributed by atoms with Gasteiger partial charge in [0.25, 0.3) is 0 Å². The highest BCUT2D eigenvalue weighted by atomic mass is 16.5. The van der Waals surface area contributed by atoms with Crippen molar-refractivity contribution in [3.8, 4) is 5.75 Å². The summed E-state index contributed by atoms with van der Waals surface area (Å²) in [5.74, 6) is 1.56. The third-order valence-corrected chi connectivity index (χ3v) is 3.77. The van der Waals surface area contributed by atoms with Crippen molar-refractivity contribution < 1.29 is 4.74 Å². The first-order valence-corrected chi connectivity index (χ1v) is 5.95. The molecule has 2 rings (SSSR count). The molecule has 16 heavy (non-hydrogen) atoms. The quantitative estimate of drug-likeness (QED) is 0.848. The summed E-state index contributed by atoms with van der Waals surface area (Å²) in [4.78, 5) is 0. The molecule has 0 heterocycles. The lowest BCUT2D eigenvalue weighted by molar-refractivity contribution is 0.302. The first-order chi connectivity index (χ1) is 7.58. The van der Waals surface area contributed by atoms with E-state index < -0.39 is 0 Å².